The van der Waals surface area contributed by atoms with E-state index >= 15 is 0 Å². The second kappa shape index (κ2) is 7.96. The van der Waals surface area contributed by atoms with Gasteiger partial charge in [0.05, 0.1) is 6.42 Å². The maximum Gasteiger partial charge on any atom is 0.247 e. The highest BCUT2D eigenvalue weighted by Gasteiger charge is 2.38. The number of nitrogens with zero attached hydrogens (tertiary/aromatic N) is 1. The van der Waals surface area contributed by atoms with Crippen LogP contribution in [0.2, 0.25) is 0 Å². The summed E-state index contributed by atoms with van der Waals surface area (Å²) in [5, 5.41) is 3.01. The molecule has 1 atom stereocenters. The highest BCUT2D eigenvalue weighted by molar-refractivity contribution is 7.98. The summed E-state index contributed by atoms with van der Waals surface area (Å²) in [6, 6.07) is 15.3. The van der Waals surface area contributed by atoms with Gasteiger partial charge in [-0.1, -0.05) is 36.4 Å². The van der Waals surface area contributed by atoms with Crippen molar-refractivity contribution in [1.29, 1.82) is 0 Å². The number of nitrogens with one attached hydrogen (secondary N) is 1. The van der Waals surface area contributed by atoms with Gasteiger partial charge in [0.2, 0.25) is 11.8 Å². The number of hydrogen-bond acceptors (Lipinski definition) is 3. The number of hydrogen-bond donors (Lipinski definition) is 1. The highest BCUT2D eigenvalue weighted by Crippen LogP contribution is 2.32. The van der Waals surface area contributed by atoms with Crippen molar-refractivity contribution in [2.24, 2.45) is 0 Å². The summed E-state index contributed by atoms with van der Waals surface area (Å²) in [5.74, 6) is -0.128. The summed E-state index contributed by atoms with van der Waals surface area (Å²) >= 11 is 1.69. The molecule has 0 saturated carbocycles. The molecule has 2 amide bonds. The van der Waals surface area contributed by atoms with E-state index in [2.05, 4.69) is 5.32 Å². The average molecular weight is 369 g/mol. The molecule has 0 unspecified atom stereocenters. The molecule has 5 heteroatoms. The third-order valence-corrected chi connectivity index (χ3v) is 5.43. The molecule has 1 N–H and O–H groups in total. The Hall–Kier alpha value is -2.27. The molecule has 0 fully saturated rings. The first-order valence-corrected chi connectivity index (χ1v) is 10.0. The number of benzene rings is 2. The first-order valence-electron chi connectivity index (χ1n) is 8.81. The molecule has 4 nitrogen and oxygen atoms in total. The van der Waals surface area contributed by atoms with Crippen LogP contribution in [0.4, 0.5) is 0 Å². The van der Waals surface area contributed by atoms with E-state index < -0.39 is 6.04 Å². The summed E-state index contributed by atoms with van der Waals surface area (Å²) in [5.41, 5.74) is 2.91. The van der Waals surface area contributed by atoms with E-state index in [-0.39, 0.29) is 17.9 Å². The van der Waals surface area contributed by atoms with Crippen LogP contribution in [0.15, 0.2) is 53.4 Å². The maximum atomic E-state index is 13.0. The van der Waals surface area contributed by atoms with Gasteiger partial charge in [0.15, 0.2) is 0 Å². The standard InChI is InChI=1S/C21H24N2O2S/c1-14(2)23-19(24)12-16-6-4-5-7-18(16)20(23)21(25)22-13-15-8-10-17(26-3)11-9-15/h4-11,14,20H,12-13H2,1-3H3,(H,22,25)/t20-/m1/s1. The van der Waals surface area contributed by atoms with Crippen molar-refractivity contribution >= 4 is 23.6 Å². The second-order valence-electron chi connectivity index (χ2n) is 6.74. The third kappa shape index (κ3) is 3.78. The van der Waals surface area contributed by atoms with Crippen LogP contribution in [-0.4, -0.2) is 29.0 Å². The lowest BCUT2D eigenvalue weighted by molar-refractivity contribution is -0.143. The quantitative estimate of drug-likeness (QED) is 0.821. The fraction of sp³-hybridized carbons (Fsp3) is 0.333. The maximum absolute atomic E-state index is 13.0. The molecular formula is C21H24N2O2S. The molecule has 0 saturated heterocycles. The summed E-state index contributed by atoms with van der Waals surface area (Å²) in [7, 11) is 0. The van der Waals surface area contributed by atoms with Crippen LogP contribution >= 0.6 is 11.8 Å². The molecule has 0 spiro atoms. The van der Waals surface area contributed by atoms with Crippen molar-refractivity contribution in [2.75, 3.05) is 6.26 Å². The number of thioether (sulfide) groups is 1. The van der Waals surface area contributed by atoms with Crippen LogP contribution in [0.1, 0.15) is 36.6 Å². The van der Waals surface area contributed by atoms with Crippen LogP contribution in [0.25, 0.3) is 0 Å². The Kier molecular flexibility index (Phi) is 5.67. The lowest BCUT2D eigenvalue weighted by Gasteiger charge is -2.39. The first kappa shape index (κ1) is 18.5. The summed E-state index contributed by atoms with van der Waals surface area (Å²) in [6.45, 7) is 4.35. The molecule has 2 aromatic carbocycles. The van der Waals surface area contributed by atoms with Crippen LogP contribution in [0.3, 0.4) is 0 Å². The Morgan fingerprint density at radius 3 is 2.54 bits per heavy atom. The molecule has 3 rings (SSSR count). The molecule has 2 aromatic rings. The van der Waals surface area contributed by atoms with Gasteiger partial charge in [-0.05, 0) is 48.9 Å². The molecule has 0 radical (unpaired) electrons. The number of carbonyl (C=O) groups excluding carboxylic acids is 2. The Morgan fingerprint density at radius 2 is 1.88 bits per heavy atom. The van der Waals surface area contributed by atoms with Crippen molar-refractivity contribution in [1.82, 2.24) is 10.2 Å². The van der Waals surface area contributed by atoms with Gasteiger partial charge >= 0.3 is 0 Å². The fourth-order valence-corrected chi connectivity index (χ4v) is 3.80. The van der Waals surface area contributed by atoms with Crippen LogP contribution < -0.4 is 5.32 Å². The number of rotatable bonds is 5. The number of amides is 2. The minimum Gasteiger partial charge on any atom is -0.350 e. The molecule has 26 heavy (non-hydrogen) atoms. The van der Waals surface area contributed by atoms with E-state index in [1.807, 2.05) is 68.6 Å². The smallest absolute Gasteiger partial charge is 0.247 e. The molecule has 1 heterocycles. The lowest BCUT2D eigenvalue weighted by atomic mass is 9.90. The van der Waals surface area contributed by atoms with E-state index in [0.717, 1.165) is 16.7 Å². The van der Waals surface area contributed by atoms with Gasteiger partial charge in [0.25, 0.3) is 0 Å². The fourth-order valence-electron chi connectivity index (χ4n) is 3.39. The summed E-state index contributed by atoms with van der Waals surface area (Å²) in [4.78, 5) is 28.5. The van der Waals surface area contributed by atoms with Crippen LogP contribution in [0, 0.1) is 0 Å². The predicted octanol–water partition coefficient (Wildman–Crippen LogP) is 3.56. The Balaban J connectivity index is 1.81. The van der Waals surface area contributed by atoms with E-state index in [9.17, 15) is 9.59 Å². The van der Waals surface area contributed by atoms with Crippen LogP contribution in [-0.2, 0) is 22.6 Å². The van der Waals surface area contributed by atoms with E-state index in [1.54, 1.807) is 16.7 Å². The normalized spacial score (nSPS) is 16.5. The van der Waals surface area contributed by atoms with Gasteiger partial charge in [-0.25, -0.2) is 0 Å². The van der Waals surface area contributed by atoms with Gasteiger partial charge in [0.1, 0.15) is 6.04 Å². The second-order valence-corrected chi connectivity index (χ2v) is 7.62. The number of fused-ring (bicyclic) bond motifs is 1. The molecule has 1 aliphatic heterocycles. The Labute approximate surface area is 159 Å². The highest BCUT2D eigenvalue weighted by atomic mass is 32.2. The van der Waals surface area contributed by atoms with Crippen molar-refractivity contribution in [2.45, 2.75) is 43.8 Å². The third-order valence-electron chi connectivity index (χ3n) is 4.69. The minimum absolute atomic E-state index is 0.00294. The SMILES string of the molecule is CSc1ccc(CNC(=O)[C@H]2c3ccccc3CC(=O)N2C(C)C)cc1. The predicted molar refractivity (Wildman–Crippen MR) is 105 cm³/mol. The zero-order valence-electron chi connectivity index (χ0n) is 15.4. The zero-order chi connectivity index (χ0) is 18.7. The van der Waals surface area contributed by atoms with Gasteiger partial charge in [-0.2, -0.15) is 0 Å². The van der Waals surface area contributed by atoms with Crippen LogP contribution in [0.5, 0.6) is 0 Å². The molecule has 1 aliphatic rings. The molecule has 0 aliphatic carbocycles. The Morgan fingerprint density at radius 1 is 1.19 bits per heavy atom. The van der Waals surface area contributed by atoms with E-state index in [0.29, 0.717) is 13.0 Å². The Bertz CT molecular complexity index is 802. The lowest BCUT2D eigenvalue weighted by Crippen LogP contribution is -2.50. The van der Waals surface area contributed by atoms with Crippen molar-refractivity contribution < 1.29 is 9.59 Å². The number of carbonyl (C=O) groups is 2. The summed E-state index contributed by atoms with van der Waals surface area (Å²) < 4.78 is 0. The van der Waals surface area contributed by atoms with Crippen molar-refractivity contribution in [3.8, 4) is 0 Å². The van der Waals surface area contributed by atoms with E-state index in [1.165, 1.54) is 4.90 Å². The molecular weight excluding hydrogens is 344 g/mol. The average Bonchev–Trinajstić information content (AvgIpc) is 2.65. The zero-order valence-corrected chi connectivity index (χ0v) is 16.2. The van der Waals surface area contributed by atoms with Crippen molar-refractivity contribution in [3.05, 3.63) is 65.2 Å². The van der Waals surface area contributed by atoms with Gasteiger partial charge < -0.3 is 10.2 Å². The summed E-state index contributed by atoms with van der Waals surface area (Å²) in [6.07, 6.45) is 2.39. The van der Waals surface area contributed by atoms with Gasteiger partial charge in [0, 0.05) is 17.5 Å². The van der Waals surface area contributed by atoms with Gasteiger partial charge in [-0.3, -0.25) is 9.59 Å². The van der Waals surface area contributed by atoms with Gasteiger partial charge in [-0.15, -0.1) is 11.8 Å². The minimum atomic E-state index is -0.571. The monoisotopic (exact) mass is 368 g/mol. The first-order chi connectivity index (χ1) is 12.5. The molecule has 0 aromatic heterocycles. The van der Waals surface area contributed by atoms with Crippen molar-refractivity contribution in [3.63, 3.8) is 0 Å². The topological polar surface area (TPSA) is 49.4 Å². The molecule has 0 bridgehead atoms. The largest absolute Gasteiger partial charge is 0.350 e. The van der Waals surface area contributed by atoms with E-state index in [4.69, 9.17) is 0 Å². The molecule has 136 valence electrons.